The van der Waals surface area contributed by atoms with Crippen LogP contribution in [0.25, 0.3) is 0 Å². The molecule has 2 aromatic rings. The smallest absolute Gasteiger partial charge is 0.249 e. The summed E-state index contributed by atoms with van der Waals surface area (Å²) >= 11 is 6.06. The SMILES string of the molecule is CCCCNc1cnnc(Nc2ccccc2Cl)n1. The molecule has 0 unspecified atom stereocenters. The molecule has 100 valence electrons. The van der Waals surface area contributed by atoms with Gasteiger partial charge in [-0.15, -0.1) is 5.10 Å². The fourth-order valence-electron chi connectivity index (χ4n) is 1.52. The monoisotopic (exact) mass is 277 g/mol. The van der Waals surface area contributed by atoms with Gasteiger partial charge in [-0.1, -0.05) is 37.1 Å². The highest BCUT2D eigenvalue weighted by Crippen LogP contribution is 2.23. The van der Waals surface area contributed by atoms with Crippen molar-refractivity contribution in [3.05, 3.63) is 35.5 Å². The van der Waals surface area contributed by atoms with Crippen molar-refractivity contribution in [2.24, 2.45) is 0 Å². The molecule has 6 heteroatoms. The highest BCUT2D eigenvalue weighted by atomic mass is 35.5. The average Bonchev–Trinajstić information content (AvgIpc) is 2.42. The Morgan fingerprint density at radius 2 is 2.11 bits per heavy atom. The molecule has 0 saturated carbocycles. The zero-order valence-corrected chi connectivity index (χ0v) is 11.5. The number of hydrogen-bond donors (Lipinski definition) is 2. The number of benzene rings is 1. The molecule has 2 N–H and O–H groups in total. The van der Waals surface area contributed by atoms with Crippen LogP contribution in [0.3, 0.4) is 0 Å². The van der Waals surface area contributed by atoms with Crippen LogP contribution < -0.4 is 10.6 Å². The molecule has 2 rings (SSSR count). The second kappa shape index (κ2) is 6.89. The number of rotatable bonds is 6. The number of unbranched alkanes of at least 4 members (excludes halogenated alkanes) is 1. The Hall–Kier alpha value is -1.88. The first kappa shape index (κ1) is 13.5. The van der Waals surface area contributed by atoms with Crippen LogP contribution in [0.1, 0.15) is 19.8 Å². The van der Waals surface area contributed by atoms with Crippen LogP contribution in [-0.2, 0) is 0 Å². The van der Waals surface area contributed by atoms with Crippen molar-refractivity contribution >= 4 is 29.1 Å². The number of nitrogens with one attached hydrogen (secondary N) is 2. The van der Waals surface area contributed by atoms with Crippen LogP contribution >= 0.6 is 11.6 Å². The molecule has 0 saturated heterocycles. The van der Waals surface area contributed by atoms with E-state index in [4.69, 9.17) is 11.6 Å². The van der Waals surface area contributed by atoms with Gasteiger partial charge in [-0.3, -0.25) is 0 Å². The molecule has 0 fully saturated rings. The second-order valence-electron chi connectivity index (χ2n) is 4.05. The Balaban J connectivity index is 2.05. The van der Waals surface area contributed by atoms with Crippen LogP contribution in [0, 0.1) is 0 Å². The lowest BCUT2D eigenvalue weighted by atomic mass is 10.3. The minimum absolute atomic E-state index is 0.426. The summed E-state index contributed by atoms with van der Waals surface area (Å²) in [4.78, 5) is 4.33. The number of para-hydroxylation sites is 1. The lowest BCUT2D eigenvalue weighted by molar-refractivity contribution is 0.827. The molecule has 0 aliphatic heterocycles. The van der Waals surface area contributed by atoms with Crippen molar-refractivity contribution in [2.75, 3.05) is 17.2 Å². The van der Waals surface area contributed by atoms with E-state index in [1.807, 2.05) is 18.2 Å². The van der Waals surface area contributed by atoms with E-state index in [9.17, 15) is 0 Å². The zero-order chi connectivity index (χ0) is 13.5. The van der Waals surface area contributed by atoms with Crippen LogP contribution in [0.5, 0.6) is 0 Å². The van der Waals surface area contributed by atoms with E-state index in [0.29, 0.717) is 16.8 Å². The first-order valence-electron chi connectivity index (χ1n) is 6.24. The lowest BCUT2D eigenvalue weighted by Gasteiger charge is -2.08. The number of nitrogens with zero attached hydrogens (tertiary/aromatic N) is 3. The van der Waals surface area contributed by atoms with Gasteiger partial charge in [0.2, 0.25) is 5.95 Å². The van der Waals surface area contributed by atoms with E-state index >= 15 is 0 Å². The Morgan fingerprint density at radius 1 is 1.26 bits per heavy atom. The van der Waals surface area contributed by atoms with E-state index < -0.39 is 0 Å². The van der Waals surface area contributed by atoms with Gasteiger partial charge in [0.15, 0.2) is 5.82 Å². The summed E-state index contributed by atoms with van der Waals surface area (Å²) in [6.07, 6.45) is 3.83. The predicted molar refractivity (Wildman–Crippen MR) is 78.0 cm³/mol. The maximum absolute atomic E-state index is 6.06. The van der Waals surface area contributed by atoms with Crippen molar-refractivity contribution in [3.63, 3.8) is 0 Å². The molecule has 0 aliphatic rings. The minimum Gasteiger partial charge on any atom is -0.369 e. The molecule has 5 nitrogen and oxygen atoms in total. The van der Waals surface area contributed by atoms with E-state index in [0.717, 1.165) is 25.1 Å². The van der Waals surface area contributed by atoms with Crippen molar-refractivity contribution in [3.8, 4) is 0 Å². The van der Waals surface area contributed by atoms with Crippen LogP contribution in [0.2, 0.25) is 5.02 Å². The van der Waals surface area contributed by atoms with Crippen molar-refractivity contribution < 1.29 is 0 Å². The fourth-order valence-corrected chi connectivity index (χ4v) is 1.70. The van der Waals surface area contributed by atoms with Gasteiger partial charge in [0, 0.05) is 6.54 Å². The fraction of sp³-hybridized carbons (Fsp3) is 0.308. The number of hydrogen-bond acceptors (Lipinski definition) is 5. The molecule has 0 aliphatic carbocycles. The highest BCUT2D eigenvalue weighted by Gasteiger charge is 2.03. The van der Waals surface area contributed by atoms with Crippen LogP contribution in [0.15, 0.2) is 30.5 Å². The Labute approximate surface area is 117 Å². The second-order valence-corrected chi connectivity index (χ2v) is 4.46. The Kier molecular flexibility index (Phi) is 4.92. The molecule has 19 heavy (non-hydrogen) atoms. The van der Waals surface area contributed by atoms with Gasteiger partial charge in [-0.05, 0) is 18.6 Å². The van der Waals surface area contributed by atoms with Gasteiger partial charge in [-0.25, -0.2) is 0 Å². The summed E-state index contributed by atoms with van der Waals surface area (Å²) in [6, 6.07) is 7.43. The van der Waals surface area contributed by atoms with Crippen LogP contribution in [0.4, 0.5) is 17.5 Å². The maximum Gasteiger partial charge on any atom is 0.249 e. The van der Waals surface area contributed by atoms with Crippen molar-refractivity contribution in [2.45, 2.75) is 19.8 Å². The quantitative estimate of drug-likeness (QED) is 0.792. The summed E-state index contributed by atoms with van der Waals surface area (Å²) in [7, 11) is 0. The summed E-state index contributed by atoms with van der Waals surface area (Å²) in [5, 5.41) is 14.7. The minimum atomic E-state index is 0.426. The Morgan fingerprint density at radius 3 is 2.89 bits per heavy atom. The molecule has 1 aromatic heterocycles. The third-order valence-corrected chi connectivity index (χ3v) is 2.85. The predicted octanol–water partition coefficient (Wildman–Crippen LogP) is 3.48. The third-order valence-electron chi connectivity index (χ3n) is 2.52. The average molecular weight is 278 g/mol. The van der Waals surface area contributed by atoms with Gasteiger partial charge in [-0.2, -0.15) is 10.1 Å². The molecule has 0 radical (unpaired) electrons. The summed E-state index contributed by atoms with van der Waals surface area (Å²) in [5.41, 5.74) is 0.761. The van der Waals surface area contributed by atoms with E-state index in [-0.39, 0.29) is 0 Å². The molecular weight excluding hydrogens is 262 g/mol. The number of aromatic nitrogens is 3. The molecule has 0 bridgehead atoms. The van der Waals surface area contributed by atoms with E-state index in [2.05, 4.69) is 32.7 Å². The molecule has 0 spiro atoms. The molecule has 1 aromatic carbocycles. The summed E-state index contributed by atoms with van der Waals surface area (Å²) in [5.74, 6) is 1.13. The third kappa shape index (κ3) is 4.06. The zero-order valence-electron chi connectivity index (χ0n) is 10.7. The topological polar surface area (TPSA) is 62.7 Å². The molecule has 0 atom stereocenters. The Bertz CT molecular complexity index is 532. The maximum atomic E-state index is 6.06. The number of anilines is 3. The largest absolute Gasteiger partial charge is 0.369 e. The van der Waals surface area contributed by atoms with Gasteiger partial charge in [0.25, 0.3) is 0 Å². The van der Waals surface area contributed by atoms with Gasteiger partial charge >= 0.3 is 0 Å². The normalized spacial score (nSPS) is 10.2. The lowest BCUT2D eigenvalue weighted by Crippen LogP contribution is -2.06. The van der Waals surface area contributed by atoms with Gasteiger partial charge < -0.3 is 10.6 Å². The summed E-state index contributed by atoms with van der Waals surface area (Å²) in [6.45, 7) is 3.02. The molecular formula is C13H16ClN5. The standard InChI is InChI=1S/C13H16ClN5/c1-2-3-8-15-12-9-16-19-13(18-12)17-11-7-5-4-6-10(11)14/h4-7,9H,2-3,8H2,1H3,(H2,15,17,18,19). The molecule has 0 amide bonds. The first-order valence-corrected chi connectivity index (χ1v) is 6.62. The molecule has 1 heterocycles. The van der Waals surface area contributed by atoms with Gasteiger partial charge in [0.1, 0.15) is 0 Å². The van der Waals surface area contributed by atoms with E-state index in [1.54, 1.807) is 12.3 Å². The van der Waals surface area contributed by atoms with E-state index in [1.165, 1.54) is 0 Å². The first-order chi connectivity index (χ1) is 9.29. The van der Waals surface area contributed by atoms with Crippen molar-refractivity contribution in [1.82, 2.24) is 15.2 Å². The highest BCUT2D eigenvalue weighted by molar-refractivity contribution is 6.33. The van der Waals surface area contributed by atoms with Gasteiger partial charge in [0.05, 0.1) is 16.9 Å². The van der Waals surface area contributed by atoms with Crippen molar-refractivity contribution in [1.29, 1.82) is 0 Å². The number of halogens is 1. The van der Waals surface area contributed by atoms with Crippen LogP contribution in [-0.4, -0.2) is 21.7 Å². The summed E-state index contributed by atoms with van der Waals surface area (Å²) < 4.78 is 0.